The number of rotatable bonds is 4. The lowest BCUT2D eigenvalue weighted by Gasteiger charge is -2.27. The third kappa shape index (κ3) is 6.44. The number of nitrogens with zero attached hydrogens (tertiary/aromatic N) is 4. The zero-order valence-electron chi connectivity index (χ0n) is 19.2. The predicted molar refractivity (Wildman–Crippen MR) is 115 cm³/mol. The molecule has 186 valence electrons. The van der Waals surface area contributed by atoms with Crippen molar-refractivity contribution in [3.05, 3.63) is 47.4 Å². The van der Waals surface area contributed by atoms with Crippen molar-refractivity contribution in [3.63, 3.8) is 0 Å². The average molecular weight is 493 g/mol. The molecule has 2 aromatic heterocycles. The minimum atomic E-state index is -4.59. The molecule has 0 aliphatic carbocycles. The molecular weight excluding hydrogens is 470 g/mol. The molecule has 12 heteroatoms. The predicted octanol–water partition coefficient (Wildman–Crippen LogP) is 4.00. The zero-order valence-corrected chi connectivity index (χ0v) is 19.2. The smallest absolute Gasteiger partial charge is 0.433 e. The maximum atomic E-state index is 14.0. The molecule has 1 N–H and O–H groups in total. The van der Waals surface area contributed by atoms with Crippen LogP contribution in [0.25, 0.3) is 11.3 Å². The molecule has 1 fully saturated rings. The van der Waals surface area contributed by atoms with Crippen molar-refractivity contribution in [2.24, 2.45) is 0 Å². The van der Waals surface area contributed by atoms with Gasteiger partial charge in [0.2, 0.25) is 5.91 Å². The molecule has 0 radical (unpaired) electrons. The van der Waals surface area contributed by atoms with E-state index in [1.165, 1.54) is 18.3 Å². The molecule has 0 saturated carbocycles. The first kappa shape index (κ1) is 25.9. The minimum absolute atomic E-state index is 0.132. The van der Waals surface area contributed by atoms with E-state index in [0.717, 1.165) is 17.2 Å². The standard InChI is InChI=1S/C23H23F4N5O3/c1-22(2,3)35-21(34)32-12-16(24)7-18(32)20(33)31-10-14-6-17(29-11-15(14)8-28)13-4-5-19(30-9-13)23(25,26)27/h4-6,9,11,16,18H,7,10,12H2,1-3H3,(H,31,33). The van der Waals surface area contributed by atoms with Crippen LogP contribution in [-0.4, -0.2) is 51.2 Å². The van der Waals surface area contributed by atoms with Crippen LogP contribution in [0, 0.1) is 11.3 Å². The number of nitriles is 1. The lowest BCUT2D eigenvalue weighted by molar-refractivity contribution is -0.141. The summed E-state index contributed by atoms with van der Waals surface area (Å²) in [4.78, 5) is 33.7. The summed E-state index contributed by atoms with van der Waals surface area (Å²) in [5.74, 6) is -0.630. The van der Waals surface area contributed by atoms with Crippen molar-refractivity contribution < 1.29 is 31.9 Å². The van der Waals surface area contributed by atoms with Crippen LogP contribution in [0.15, 0.2) is 30.6 Å². The third-order valence-electron chi connectivity index (χ3n) is 5.09. The number of carbonyl (C=O) groups is 2. The van der Waals surface area contributed by atoms with Gasteiger partial charge in [-0.25, -0.2) is 9.18 Å². The Morgan fingerprint density at radius 2 is 1.94 bits per heavy atom. The highest BCUT2D eigenvalue weighted by atomic mass is 19.4. The molecule has 2 aromatic rings. The van der Waals surface area contributed by atoms with E-state index in [0.29, 0.717) is 5.56 Å². The Morgan fingerprint density at radius 1 is 1.23 bits per heavy atom. The summed E-state index contributed by atoms with van der Waals surface area (Å²) in [6, 6.07) is 4.30. The number of halogens is 4. The number of hydrogen-bond donors (Lipinski definition) is 1. The summed E-state index contributed by atoms with van der Waals surface area (Å²) in [6.07, 6.45) is -4.75. The van der Waals surface area contributed by atoms with Crippen molar-refractivity contribution in [1.82, 2.24) is 20.2 Å². The van der Waals surface area contributed by atoms with Gasteiger partial charge in [-0.1, -0.05) is 0 Å². The van der Waals surface area contributed by atoms with Crippen LogP contribution >= 0.6 is 0 Å². The van der Waals surface area contributed by atoms with Crippen LogP contribution in [0.3, 0.4) is 0 Å². The molecule has 0 aromatic carbocycles. The summed E-state index contributed by atoms with van der Waals surface area (Å²) in [7, 11) is 0. The first-order valence-electron chi connectivity index (χ1n) is 10.6. The molecule has 35 heavy (non-hydrogen) atoms. The van der Waals surface area contributed by atoms with Gasteiger partial charge >= 0.3 is 12.3 Å². The summed E-state index contributed by atoms with van der Waals surface area (Å²) in [6.45, 7) is 4.52. The Labute approximate surface area is 198 Å². The first-order chi connectivity index (χ1) is 16.3. The molecule has 8 nitrogen and oxygen atoms in total. The number of carbonyl (C=O) groups excluding carboxylic acids is 2. The zero-order chi connectivity index (χ0) is 26.0. The van der Waals surface area contributed by atoms with Gasteiger partial charge < -0.3 is 10.1 Å². The average Bonchev–Trinajstić information content (AvgIpc) is 3.17. The Kier molecular flexibility index (Phi) is 7.28. The van der Waals surface area contributed by atoms with E-state index >= 15 is 0 Å². The molecular formula is C23H23F4N5O3. The normalized spacial score (nSPS) is 18.2. The van der Waals surface area contributed by atoms with Gasteiger partial charge in [0, 0.05) is 30.9 Å². The quantitative estimate of drug-likeness (QED) is 0.645. The third-order valence-corrected chi connectivity index (χ3v) is 5.09. The number of pyridine rings is 2. The summed E-state index contributed by atoms with van der Waals surface area (Å²) >= 11 is 0. The first-order valence-corrected chi connectivity index (χ1v) is 10.6. The van der Waals surface area contributed by atoms with Crippen molar-refractivity contribution in [3.8, 4) is 17.3 Å². The van der Waals surface area contributed by atoms with Gasteiger partial charge in [0.05, 0.1) is 17.8 Å². The van der Waals surface area contributed by atoms with Crippen LogP contribution in [0.1, 0.15) is 44.0 Å². The second kappa shape index (κ2) is 9.85. The van der Waals surface area contributed by atoms with Gasteiger partial charge in [0.1, 0.15) is 29.6 Å². The fraction of sp³-hybridized carbons (Fsp3) is 0.435. The lowest BCUT2D eigenvalue weighted by atomic mass is 10.1. The van der Waals surface area contributed by atoms with Crippen LogP contribution in [-0.2, 0) is 22.3 Å². The van der Waals surface area contributed by atoms with Crippen LogP contribution < -0.4 is 5.32 Å². The molecule has 0 spiro atoms. The Hall–Kier alpha value is -3.75. The highest BCUT2D eigenvalue weighted by Gasteiger charge is 2.41. The van der Waals surface area contributed by atoms with E-state index in [-0.39, 0.29) is 36.3 Å². The maximum Gasteiger partial charge on any atom is 0.433 e. The topological polar surface area (TPSA) is 108 Å². The van der Waals surface area contributed by atoms with Gasteiger partial charge in [-0.3, -0.25) is 19.7 Å². The molecule has 1 saturated heterocycles. The van der Waals surface area contributed by atoms with E-state index in [2.05, 4.69) is 15.3 Å². The summed E-state index contributed by atoms with van der Waals surface area (Å²) in [5, 5.41) is 12.0. The second-order valence-corrected chi connectivity index (χ2v) is 8.97. The number of hydrogen-bond acceptors (Lipinski definition) is 6. The fourth-order valence-corrected chi connectivity index (χ4v) is 3.47. The van der Waals surface area contributed by atoms with E-state index < -0.39 is 41.7 Å². The monoisotopic (exact) mass is 493 g/mol. The van der Waals surface area contributed by atoms with E-state index in [1.807, 2.05) is 6.07 Å². The van der Waals surface area contributed by atoms with Gasteiger partial charge in [0.15, 0.2) is 0 Å². The molecule has 2 atom stereocenters. The molecule has 0 bridgehead atoms. The number of aromatic nitrogens is 2. The summed E-state index contributed by atoms with van der Waals surface area (Å²) in [5.41, 5.74) is -0.886. The molecule has 3 heterocycles. The van der Waals surface area contributed by atoms with Crippen LogP contribution in [0.4, 0.5) is 22.4 Å². The number of alkyl halides is 4. The largest absolute Gasteiger partial charge is 0.444 e. The highest BCUT2D eigenvalue weighted by Crippen LogP contribution is 2.29. The number of amides is 2. The Balaban J connectivity index is 1.75. The fourth-order valence-electron chi connectivity index (χ4n) is 3.47. The lowest BCUT2D eigenvalue weighted by Crippen LogP contribution is -2.47. The van der Waals surface area contributed by atoms with Crippen molar-refractivity contribution in [1.29, 1.82) is 5.26 Å². The van der Waals surface area contributed by atoms with Gasteiger partial charge in [-0.15, -0.1) is 0 Å². The molecule has 1 aliphatic heterocycles. The van der Waals surface area contributed by atoms with Gasteiger partial charge in [-0.2, -0.15) is 18.4 Å². The van der Waals surface area contributed by atoms with Crippen LogP contribution in [0.5, 0.6) is 0 Å². The van der Waals surface area contributed by atoms with Crippen molar-refractivity contribution >= 4 is 12.0 Å². The molecule has 1 aliphatic rings. The van der Waals surface area contributed by atoms with Gasteiger partial charge in [0.25, 0.3) is 0 Å². The minimum Gasteiger partial charge on any atom is -0.444 e. The van der Waals surface area contributed by atoms with Gasteiger partial charge in [-0.05, 0) is 44.5 Å². The van der Waals surface area contributed by atoms with E-state index in [4.69, 9.17) is 4.74 Å². The van der Waals surface area contributed by atoms with Crippen LogP contribution in [0.2, 0.25) is 0 Å². The van der Waals surface area contributed by atoms with Crippen molar-refractivity contribution in [2.75, 3.05) is 6.54 Å². The molecule has 2 unspecified atom stereocenters. The number of ether oxygens (including phenoxy) is 1. The highest BCUT2D eigenvalue weighted by molar-refractivity contribution is 5.86. The number of likely N-dealkylation sites (tertiary alicyclic amines) is 1. The molecule has 2 amide bonds. The maximum absolute atomic E-state index is 14.0. The Bertz CT molecular complexity index is 1140. The summed E-state index contributed by atoms with van der Waals surface area (Å²) < 4.78 is 57.6. The molecule has 3 rings (SSSR count). The Morgan fingerprint density at radius 3 is 2.51 bits per heavy atom. The number of nitrogens with one attached hydrogen (secondary N) is 1. The van der Waals surface area contributed by atoms with E-state index in [1.54, 1.807) is 20.8 Å². The second-order valence-electron chi connectivity index (χ2n) is 8.97. The van der Waals surface area contributed by atoms with E-state index in [9.17, 15) is 32.4 Å². The van der Waals surface area contributed by atoms with Crippen molar-refractivity contribution in [2.45, 2.75) is 57.7 Å². The SMILES string of the molecule is CC(C)(C)OC(=O)N1CC(F)CC1C(=O)NCc1cc(-c2ccc(C(F)(F)F)nc2)ncc1C#N.